The van der Waals surface area contributed by atoms with Gasteiger partial charge in [0.25, 0.3) is 0 Å². The molecule has 0 aliphatic heterocycles. The highest BCUT2D eigenvalue weighted by molar-refractivity contribution is 7.99. The lowest BCUT2D eigenvalue weighted by molar-refractivity contribution is -0.113. The molecule has 0 spiro atoms. The fraction of sp³-hybridized carbons (Fsp3) is 0.409. The van der Waals surface area contributed by atoms with Crippen LogP contribution >= 0.6 is 34.7 Å². The van der Waals surface area contributed by atoms with Crippen LogP contribution in [-0.4, -0.2) is 33.5 Å². The van der Waals surface area contributed by atoms with E-state index in [9.17, 15) is 4.79 Å². The number of nitrogens with zero attached hydrogens (tertiary/aromatic N) is 3. The van der Waals surface area contributed by atoms with Crippen LogP contribution in [0.5, 0.6) is 5.75 Å². The number of amides is 1. The van der Waals surface area contributed by atoms with Gasteiger partial charge < -0.3 is 10.1 Å². The Balaban J connectivity index is 1.51. The molecule has 0 saturated carbocycles. The maximum Gasteiger partial charge on any atom is 0.234 e. The Bertz CT molecular complexity index is 1090. The molecule has 0 fully saturated rings. The van der Waals surface area contributed by atoms with Gasteiger partial charge >= 0.3 is 0 Å². The van der Waals surface area contributed by atoms with Gasteiger partial charge in [0.1, 0.15) is 5.75 Å². The second-order valence-electron chi connectivity index (χ2n) is 7.71. The first-order valence-corrected chi connectivity index (χ1v) is 12.5. The SMILES string of the molecule is COc1ccc(Cl)cc1NC(=O)CSc1nnc(-c2csc3c2CCCC3)n1C(C)C. The predicted octanol–water partition coefficient (Wildman–Crippen LogP) is 5.86. The van der Waals surface area contributed by atoms with Crippen LogP contribution in [0.4, 0.5) is 5.69 Å². The molecule has 3 aromatic rings. The molecule has 1 amide bonds. The Labute approximate surface area is 195 Å². The molecule has 1 N–H and O–H groups in total. The zero-order valence-electron chi connectivity index (χ0n) is 17.8. The van der Waals surface area contributed by atoms with E-state index in [4.69, 9.17) is 16.3 Å². The zero-order valence-corrected chi connectivity index (χ0v) is 20.2. The molecule has 4 rings (SSSR count). The highest BCUT2D eigenvalue weighted by Gasteiger charge is 2.24. The van der Waals surface area contributed by atoms with Crippen molar-refractivity contribution in [1.29, 1.82) is 0 Å². The molecule has 2 aromatic heterocycles. The lowest BCUT2D eigenvalue weighted by atomic mass is 9.95. The maximum atomic E-state index is 12.6. The number of ether oxygens (including phenoxy) is 1. The topological polar surface area (TPSA) is 69.0 Å². The molecule has 0 radical (unpaired) electrons. The first kappa shape index (κ1) is 22.2. The largest absolute Gasteiger partial charge is 0.495 e. The van der Waals surface area contributed by atoms with Gasteiger partial charge in [-0.3, -0.25) is 9.36 Å². The second kappa shape index (κ2) is 9.63. The number of aromatic nitrogens is 3. The molecule has 6 nitrogen and oxygen atoms in total. The third kappa shape index (κ3) is 4.76. The van der Waals surface area contributed by atoms with E-state index in [2.05, 4.69) is 39.3 Å². The summed E-state index contributed by atoms with van der Waals surface area (Å²) in [6.45, 7) is 4.24. The molecule has 0 atom stereocenters. The Morgan fingerprint density at radius 1 is 1.32 bits per heavy atom. The summed E-state index contributed by atoms with van der Waals surface area (Å²) in [4.78, 5) is 14.1. The zero-order chi connectivity index (χ0) is 22.0. The predicted molar refractivity (Wildman–Crippen MR) is 128 cm³/mol. The quantitative estimate of drug-likeness (QED) is 0.432. The first-order chi connectivity index (χ1) is 15.0. The summed E-state index contributed by atoms with van der Waals surface area (Å²) in [5.41, 5.74) is 3.17. The van der Waals surface area contributed by atoms with Crippen molar-refractivity contribution in [2.45, 2.75) is 50.7 Å². The molecule has 2 heterocycles. The fourth-order valence-corrected chi connectivity index (χ4v) is 5.96. The minimum Gasteiger partial charge on any atom is -0.495 e. The van der Waals surface area contributed by atoms with E-state index in [0.29, 0.717) is 16.5 Å². The van der Waals surface area contributed by atoms with Crippen LogP contribution in [0.15, 0.2) is 28.7 Å². The summed E-state index contributed by atoms with van der Waals surface area (Å²) in [6, 6.07) is 5.31. The molecule has 9 heteroatoms. The lowest BCUT2D eigenvalue weighted by Gasteiger charge is -2.16. The second-order valence-corrected chi connectivity index (χ2v) is 10.1. The number of thioether (sulfide) groups is 1. The lowest BCUT2D eigenvalue weighted by Crippen LogP contribution is -2.15. The van der Waals surface area contributed by atoms with Crippen molar-refractivity contribution in [3.63, 3.8) is 0 Å². The number of methoxy groups -OCH3 is 1. The highest BCUT2D eigenvalue weighted by Crippen LogP contribution is 2.38. The molecule has 1 aromatic carbocycles. The Morgan fingerprint density at radius 3 is 2.90 bits per heavy atom. The third-order valence-electron chi connectivity index (χ3n) is 5.25. The molecule has 0 bridgehead atoms. The van der Waals surface area contributed by atoms with Gasteiger partial charge in [-0.25, -0.2) is 0 Å². The van der Waals surface area contributed by atoms with Crippen molar-refractivity contribution >= 4 is 46.3 Å². The number of anilines is 1. The summed E-state index contributed by atoms with van der Waals surface area (Å²) in [7, 11) is 1.56. The first-order valence-electron chi connectivity index (χ1n) is 10.3. The summed E-state index contributed by atoms with van der Waals surface area (Å²) >= 11 is 9.26. The number of benzene rings is 1. The molecule has 1 aliphatic rings. The highest BCUT2D eigenvalue weighted by atomic mass is 35.5. The number of rotatable bonds is 7. The van der Waals surface area contributed by atoms with Crippen LogP contribution in [0.1, 0.15) is 43.2 Å². The number of fused-ring (bicyclic) bond motifs is 1. The molecule has 0 saturated heterocycles. The van der Waals surface area contributed by atoms with Gasteiger partial charge in [0, 0.05) is 26.9 Å². The Kier molecular flexibility index (Phi) is 6.89. The number of aryl methyl sites for hydroxylation is 1. The summed E-state index contributed by atoms with van der Waals surface area (Å²) < 4.78 is 7.43. The molecule has 31 heavy (non-hydrogen) atoms. The monoisotopic (exact) mass is 476 g/mol. The number of thiophene rings is 1. The van der Waals surface area contributed by atoms with Crippen molar-refractivity contribution in [2.75, 3.05) is 18.2 Å². The van der Waals surface area contributed by atoms with E-state index in [-0.39, 0.29) is 17.7 Å². The fourth-order valence-electron chi connectivity index (χ4n) is 3.80. The van der Waals surface area contributed by atoms with E-state index in [0.717, 1.165) is 23.8 Å². The number of carbonyl (C=O) groups excluding carboxylic acids is 1. The van der Waals surface area contributed by atoms with Gasteiger partial charge in [0.2, 0.25) is 5.91 Å². The van der Waals surface area contributed by atoms with Gasteiger partial charge in [0.05, 0.1) is 18.6 Å². The summed E-state index contributed by atoms with van der Waals surface area (Å²) in [6.07, 6.45) is 4.74. The van der Waals surface area contributed by atoms with Crippen molar-refractivity contribution in [3.8, 4) is 17.1 Å². The van der Waals surface area contributed by atoms with Crippen LogP contribution in [0.2, 0.25) is 5.02 Å². The summed E-state index contributed by atoms with van der Waals surface area (Å²) in [5, 5.41) is 15.3. The van der Waals surface area contributed by atoms with Crippen LogP contribution in [-0.2, 0) is 17.6 Å². The average molecular weight is 477 g/mol. The smallest absolute Gasteiger partial charge is 0.234 e. The third-order valence-corrected chi connectivity index (χ3v) is 7.52. The normalized spacial score (nSPS) is 13.3. The van der Waals surface area contributed by atoms with E-state index < -0.39 is 0 Å². The molecule has 0 unspecified atom stereocenters. The van der Waals surface area contributed by atoms with Gasteiger partial charge in [-0.15, -0.1) is 21.5 Å². The van der Waals surface area contributed by atoms with E-state index >= 15 is 0 Å². The average Bonchev–Trinajstić information content (AvgIpc) is 3.36. The number of hydrogen-bond acceptors (Lipinski definition) is 6. The molecular formula is C22H25ClN4O2S2. The molecule has 164 valence electrons. The van der Waals surface area contributed by atoms with Crippen molar-refractivity contribution in [2.24, 2.45) is 0 Å². The molecular weight excluding hydrogens is 452 g/mol. The minimum absolute atomic E-state index is 0.154. The van der Waals surface area contributed by atoms with Gasteiger partial charge in [-0.1, -0.05) is 23.4 Å². The van der Waals surface area contributed by atoms with Crippen molar-refractivity contribution in [1.82, 2.24) is 14.8 Å². The number of nitrogens with one attached hydrogen (secondary N) is 1. The van der Waals surface area contributed by atoms with Gasteiger partial charge in [-0.05, 0) is 63.3 Å². The number of hydrogen-bond donors (Lipinski definition) is 1. The van der Waals surface area contributed by atoms with Crippen LogP contribution in [0.25, 0.3) is 11.4 Å². The van der Waals surface area contributed by atoms with Gasteiger partial charge in [-0.2, -0.15) is 0 Å². The van der Waals surface area contributed by atoms with Gasteiger partial charge in [0.15, 0.2) is 11.0 Å². The van der Waals surface area contributed by atoms with E-state index in [1.165, 1.54) is 40.6 Å². The van der Waals surface area contributed by atoms with Crippen molar-refractivity contribution in [3.05, 3.63) is 39.0 Å². The number of carbonyl (C=O) groups is 1. The Morgan fingerprint density at radius 2 is 2.13 bits per heavy atom. The van der Waals surface area contributed by atoms with Crippen LogP contribution in [0, 0.1) is 0 Å². The number of halogens is 1. The minimum atomic E-state index is -0.154. The van der Waals surface area contributed by atoms with Crippen LogP contribution < -0.4 is 10.1 Å². The van der Waals surface area contributed by atoms with Crippen molar-refractivity contribution < 1.29 is 9.53 Å². The molecule has 1 aliphatic carbocycles. The Hall–Kier alpha value is -2.03. The summed E-state index contributed by atoms with van der Waals surface area (Å²) in [5.74, 6) is 1.52. The van der Waals surface area contributed by atoms with Crippen LogP contribution in [0.3, 0.4) is 0 Å². The maximum absolute atomic E-state index is 12.6. The standard InChI is InChI=1S/C22H25ClN4O2S2/c1-13(2)27-21(16-11-30-19-7-5-4-6-15(16)19)25-26-22(27)31-12-20(28)24-17-10-14(23)8-9-18(17)29-3/h8-11,13H,4-7,12H2,1-3H3,(H,24,28). The van der Waals surface area contributed by atoms with E-state index in [1.54, 1.807) is 25.3 Å². The van der Waals surface area contributed by atoms with E-state index in [1.807, 2.05) is 11.3 Å².